The second kappa shape index (κ2) is 10.2. The molecule has 0 amide bonds. The summed E-state index contributed by atoms with van der Waals surface area (Å²) in [4.78, 5) is 0. The zero-order valence-corrected chi connectivity index (χ0v) is 27.4. The van der Waals surface area contributed by atoms with Gasteiger partial charge in [0.2, 0.25) is 0 Å². The molecule has 0 saturated carbocycles. The van der Waals surface area contributed by atoms with E-state index in [4.69, 9.17) is 0 Å². The molecular formula is C48H28S. The first-order valence-corrected chi connectivity index (χ1v) is 17.8. The van der Waals surface area contributed by atoms with Gasteiger partial charge in [-0.3, -0.25) is 0 Å². The van der Waals surface area contributed by atoms with Crippen LogP contribution >= 0.6 is 11.3 Å². The molecule has 1 aliphatic carbocycles. The van der Waals surface area contributed by atoms with Crippen molar-refractivity contribution in [3.05, 3.63) is 170 Å². The predicted molar refractivity (Wildman–Crippen MR) is 213 cm³/mol. The van der Waals surface area contributed by atoms with E-state index in [1.807, 2.05) is 11.3 Å². The maximum absolute atomic E-state index is 2.41. The van der Waals surface area contributed by atoms with Crippen LogP contribution in [0.4, 0.5) is 0 Å². The van der Waals surface area contributed by atoms with Gasteiger partial charge in [-0.05, 0) is 100 Å². The molecule has 0 spiro atoms. The molecule has 9 aromatic carbocycles. The van der Waals surface area contributed by atoms with Crippen LogP contribution < -0.4 is 0 Å². The van der Waals surface area contributed by atoms with Crippen LogP contribution in [0.5, 0.6) is 0 Å². The summed E-state index contributed by atoms with van der Waals surface area (Å²) in [5, 5.41) is 10.4. The SMILES string of the molecule is c1ccc2c(c1)-c1ccccc1-c1ccc(-c3c4ccccc4c(-c4ccc5c(c4)sc4ccccc45)c4ccccc34)c3cccc-2c13. The van der Waals surface area contributed by atoms with E-state index in [9.17, 15) is 0 Å². The fourth-order valence-electron chi connectivity index (χ4n) is 8.59. The molecular weight excluding hydrogens is 609 g/mol. The van der Waals surface area contributed by atoms with E-state index in [0.29, 0.717) is 0 Å². The highest BCUT2D eigenvalue weighted by atomic mass is 32.1. The van der Waals surface area contributed by atoms with Crippen molar-refractivity contribution in [1.29, 1.82) is 0 Å². The van der Waals surface area contributed by atoms with Gasteiger partial charge in [-0.1, -0.05) is 158 Å². The van der Waals surface area contributed by atoms with Crippen LogP contribution in [0.25, 0.3) is 108 Å². The van der Waals surface area contributed by atoms with E-state index in [1.54, 1.807) is 0 Å². The molecule has 0 bridgehead atoms. The molecule has 0 atom stereocenters. The Bertz CT molecular complexity index is 2890. The monoisotopic (exact) mass is 636 g/mol. The van der Waals surface area contributed by atoms with E-state index in [1.165, 1.54) is 108 Å². The topological polar surface area (TPSA) is 0 Å². The number of hydrogen-bond donors (Lipinski definition) is 0. The van der Waals surface area contributed by atoms with Crippen molar-refractivity contribution in [3.63, 3.8) is 0 Å². The second-order valence-electron chi connectivity index (χ2n) is 13.1. The summed E-state index contributed by atoms with van der Waals surface area (Å²) in [6.45, 7) is 0. The standard InChI is InChI=1S/C48H28S/c1-3-14-32-30(12-1)31-13-2-4-15-33(31)42-26-27-43(41-22-11-21-36(32)47(41)42)48-39-19-7-5-17-37(39)46(38-18-6-8-20-40(38)48)29-24-25-35-34-16-9-10-23-44(34)49-45(35)28-29/h1-28H. The molecule has 1 heterocycles. The summed E-state index contributed by atoms with van der Waals surface area (Å²) >= 11 is 1.89. The molecule has 1 aromatic heterocycles. The average molecular weight is 637 g/mol. The van der Waals surface area contributed by atoms with Gasteiger partial charge >= 0.3 is 0 Å². The minimum atomic E-state index is 1.26. The van der Waals surface area contributed by atoms with Gasteiger partial charge < -0.3 is 0 Å². The lowest BCUT2D eigenvalue weighted by Gasteiger charge is -2.20. The van der Waals surface area contributed by atoms with Gasteiger partial charge in [0, 0.05) is 20.2 Å². The Morgan fingerprint density at radius 2 is 0.714 bits per heavy atom. The number of rotatable bonds is 2. The molecule has 1 aliphatic rings. The van der Waals surface area contributed by atoms with Gasteiger partial charge in [-0.15, -0.1) is 11.3 Å². The van der Waals surface area contributed by atoms with Gasteiger partial charge in [0.1, 0.15) is 0 Å². The van der Waals surface area contributed by atoms with Crippen molar-refractivity contribution in [3.8, 4) is 55.6 Å². The van der Waals surface area contributed by atoms with E-state index in [0.717, 1.165) is 0 Å². The molecule has 49 heavy (non-hydrogen) atoms. The lowest BCUT2D eigenvalue weighted by atomic mass is 9.83. The highest BCUT2D eigenvalue weighted by Crippen LogP contribution is 2.51. The van der Waals surface area contributed by atoms with E-state index < -0.39 is 0 Å². The van der Waals surface area contributed by atoms with E-state index >= 15 is 0 Å². The average Bonchev–Trinajstić information content (AvgIpc) is 3.49. The molecule has 0 fully saturated rings. The van der Waals surface area contributed by atoms with Crippen molar-refractivity contribution in [2.24, 2.45) is 0 Å². The van der Waals surface area contributed by atoms with Gasteiger partial charge in [-0.25, -0.2) is 0 Å². The molecule has 10 aromatic rings. The van der Waals surface area contributed by atoms with Crippen molar-refractivity contribution in [2.75, 3.05) is 0 Å². The molecule has 0 N–H and O–H groups in total. The number of benzene rings is 9. The Hall–Kier alpha value is -6.02. The van der Waals surface area contributed by atoms with Gasteiger partial charge in [0.05, 0.1) is 0 Å². The Labute approximate surface area is 288 Å². The van der Waals surface area contributed by atoms with Gasteiger partial charge in [0.25, 0.3) is 0 Å². The van der Waals surface area contributed by atoms with Gasteiger partial charge in [0.15, 0.2) is 0 Å². The van der Waals surface area contributed by atoms with Crippen LogP contribution in [0.2, 0.25) is 0 Å². The minimum absolute atomic E-state index is 1.26. The summed E-state index contributed by atoms with van der Waals surface area (Å²) in [5.41, 5.74) is 12.9. The van der Waals surface area contributed by atoms with Crippen LogP contribution in [0, 0.1) is 0 Å². The first-order chi connectivity index (χ1) is 24.3. The minimum Gasteiger partial charge on any atom is -0.135 e. The van der Waals surface area contributed by atoms with Crippen molar-refractivity contribution in [1.82, 2.24) is 0 Å². The first-order valence-electron chi connectivity index (χ1n) is 16.9. The summed E-state index contributed by atoms with van der Waals surface area (Å²) in [6, 6.07) is 63.3. The van der Waals surface area contributed by atoms with Crippen molar-refractivity contribution < 1.29 is 0 Å². The molecule has 226 valence electrons. The zero-order chi connectivity index (χ0) is 32.1. The Kier molecular flexibility index (Phi) is 5.64. The Morgan fingerprint density at radius 3 is 1.37 bits per heavy atom. The summed E-state index contributed by atoms with van der Waals surface area (Å²) in [5.74, 6) is 0. The molecule has 0 saturated heterocycles. The van der Waals surface area contributed by atoms with E-state index in [-0.39, 0.29) is 0 Å². The quantitative estimate of drug-likeness (QED) is 0.166. The Morgan fingerprint density at radius 1 is 0.265 bits per heavy atom. The third-order valence-corrected chi connectivity index (χ3v) is 11.8. The van der Waals surface area contributed by atoms with Crippen molar-refractivity contribution >= 4 is 63.8 Å². The van der Waals surface area contributed by atoms with Crippen LogP contribution in [0.15, 0.2) is 170 Å². The molecule has 11 rings (SSSR count). The number of hydrogen-bond acceptors (Lipinski definition) is 1. The maximum atomic E-state index is 2.41. The lowest BCUT2D eigenvalue weighted by Crippen LogP contribution is -1.93. The van der Waals surface area contributed by atoms with Gasteiger partial charge in [-0.2, -0.15) is 0 Å². The third-order valence-electron chi connectivity index (χ3n) is 10.6. The molecule has 0 radical (unpaired) electrons. The molecule has 0 nitrogen and oxygen atoms in total. The normalized spacial score (nSPS) is 12.1. The number of fused-ring (bicyclic) bond motifs is 10. The summed E-state index contributed by atoms with van der Waals surface area (Å²) in [7, 11) is 0. The molecule has 0 aliphatic heterocycles. The van der Waals surface area contributed by atoms with Crippen molar-refractivity contribution in [2.45, 2.75) is 0 Å². The number of thiophene rings is 1. The molecule has 0 unspecified atom stereocenters. The fourth-order valence-corrected chi connectivity index (χ4v) is 9.74. The van der Waals surface area contributed by atoms with Crippen LogP contribution in [0.1, 0.15) is 0 Å². The fraction of sp³-hybridized carbons (Fsp3) is 0. The summed E-state index contributed by atoms with van der Waals surface area (Å²) in [6.07, 6.45) is 0. The maximum Gasteiger partial charge on any atom is 0.0361 e. The summed E-state index contributed by atoms with van der Waals surface area (Å²) < 4.78 is 2.67. The first kappa shape index (κ1) is 27.0. The van der Waals surface area contributed by atoms with E-state index in [2.05, 4.69) is 170 Å². The van der Waals surface area contributed by atoms with Crippen LogP contribution in [-0.4, -0.2) is 0 Å². The highest BCUT2D eigenvalue weighted by molar-refractivity contribution is 7.25. The highest BCUT2D eigenvalue weighted by Gasteiger charge is 2.24. The van der Waals surface area contributed by atoms with Crippen LogP contribution in [-0.2, 0) is 0 Å². The third kappa shape index (κ3) is 3.79. The van der Waals surface area contributed by atoms with Crippen LogP contribution in [0.3, 0.4) is 0 Å². The second-order valence-corrected chi connectivity index (χ2v) is 14.2. The largest absolute Gasteiger partial charge is 0.135 e. The molecule has 1 heteroatoms. The smallest absolute Gasteiger partial charge is 0.0361 e. The lowest BCUT2D eigenvalue weighted by molar-refractivity contribution is 1.62. The Balaban J connectivity index is 1.24. The predicted octanol–water partition coefficient (Wildman–Crippen LogP) is 14.2. The zero-order valence-electron chi connectivity index (χ0n) is 26.6.